The van der Waals surface area contributed by atoms with Crippen LogP contribution < -0.4 is 0 Å². The van der Waals surface area contributed by atoms with Crippen molar-refractivity contribution < 1.29 is 0 Å². The van der Waals surface area contributed by atoms with E-state index in [1.54, 1.807) is 11.3 Å². The summed E-state index contributed by atoms with van der Waals surface area (Å²) < 4.78 is 0. The molecule has 2 nitrogen and oxygen atoms in total. The average molecular weight is 280 g/mol. The Morgan fingerprint density at radius 2 is 1.83 bits per heavy atom. The fourth-order valence-electron chi connectivity index (χ4n) is 1.74. The van der Waals surface area contributed by atoms with Gasteiger partial charge >= 0.3 is 0 Å². The summed E-state index contributed by atoms with van der Waals surface area (Å²) in [5, 5.41) is 2.81. The largest absolute Gasteiger partial charge is 0.170 e. The first kappa shape index (κ1) is 13.2. The van der Waals surface area contributed by atoms with E-state index in [2.05, 4.69) is 42.4 Å². The first-order chi connectivity index (χ1) is 8.67. The lowest BCUT2D eigenvalue weighted by atomic mass is 10.1. The SMILES string of the molecule is Cc1ccc(Cc2ccc(CC(Cl)N=O)s2)cc1. The van der Waals surface area contributed by atoms with Crippen LogP contribution in [0.2, 0.25) is 0 Å². The topological polar surface area (TPSA) is 29.4 Å². The molecule has 0 aliphatic carbocycles. The second kappa shape index (κ2) is 6.12. The predicted octanol–water partition coefficient (Wildman–Crippen LogP) is 4.52. The van der Waals surface area contributed by atoms with Crippen LogP contribution >= 0.6 is 22.9 Å². The molecule has 94 valence electrons. The van der Waals surface area contributed by atoms with E-state index in [0.29, 0.717) is 6.42 Å². The van der Waals surface area contributed by atoms with Gasteiger partial charge in [-0.3, -0.25) is 0 Å². The molecule has 0 spiro atoms. The Morgan fingerprint density at radius 3 is 2.50 bits per heavy atom. The zero-order chi connectivity index (χ0) is 13.0. The summed E-state index contributed by atoms with van der Waals surface area (Å²) in [5.41, 5.74) is 1.91. The zero-order valence-corrected chi connectivity index (χ0v) is 11.7. The van der Waals surface area contributed by atoms with Crippen LogP contribution in [0, 0.1) is 11.8 Å². The molecule has 0 aliphatic heterocycles. The van der Waals surface area contributed by atoms with Gasteiger partial charge in [-0.1, -0.05) is 41.4 Å². The molecule has 1 atom stereocenters. The summed E-state index contributed by atoms with van der Waals surface area (Å²) in [6.45, 7) is 2.08. The molecule has 1 aromatic heterocycles. The molecule has 0 fully saturated rings. The number of benzene rings is 1. The number of nitroso groups, excluding NO2 is 1. The number of hydrogen-bond donors (Lipinski definition) is 0. The van der Waals surface area contributed by atoms with Crippen molar-refractivity contribution in [3.05, 3.63) is 62.2 Å². The Labute approximate surface area is 116 Å². The second-order valence-electron chi connectivity index (χ2n) is 4.27. The normalized spacial score (nSPS) is 12.3. The van der Waals surface area contributed by atoms with E-state index in [0.717, 1.165) is 11.3 Å². The number of rotatable bonds is 5. The number of aryl methyl sites for hydroxylation is 1. The minimum atomic E-state index is -0.657. The first-order valence-corrected chi connectivity index (χ1v) is 7.02. The molecule has 1 heterocycles. The third-order valence-corrected chi connectivity index (χ3v) is 4.04. The molecule has 0 radical (unpaired) electrons. The quantitative estimate of drug-likeness (QED) is 0.449. The molecule has 18 heavy (non-hydrogen) atoms. The van der Waals surface area contributed by atoms with Crippen LogP contribution in [-0.2, 0) is 12.8 Å². The highest BCUT2D eigenvalue weighted by Gasteiger charge is 2.08. The van der Waals surface area contributed by atoms with Gasteiger partial charge in [0.1, 0.15) is 0 Å². The number of thiophene rings is 1. The van der Waals surface area contributed by atoms with Crippen molar-refractivity contribution in [1.82, 2.24) is 0 Å². The number of nitrogens with zero attached hydrogens (tertiary/aromatic N) is 1. The Bertz CT molecular complexity index is 521. The average Bonchev–Trinajstić information content (AvgIpc) is 2.79. The standard InChI is InChI=1S/C14H14ClNOS/c1-10-2-4-11(5-3-10)8-12-6-7-13(18-12)9-14(15)16-17/h2-7,14H,8-9H2,1H3. The molecule has 1 aromatic carbocycles. The van der Waals surface area contributed by atoms with E-state index < -0.39 is 5.50 Å². The smallest absolute Gasteiger partial charge is 0.149 e. The van der Waals surface area contributed by atoms with Gasteiger partial charge in [-0.05, 0) is 29.8 Å². The van der Waals surface area contributed by atoms with E-state index in [4.69, 9.17) is 11.6 Å². The minimum Gasteiger partial charge on any atom is -0.149 e. The molecule has 2 rings (SSSR count). The van der Waals surface area contributed by atoms with Crippen LogP contribution in [0.25, 0.3) is 0 Å². The maximum absolute atomic E-state index is 10.3. The van der Waals surface area contributed by atoms with Crippen LogP contribution in [0.4, 0.5) is 0 Å². The van der Waals surface area contributed by atoms with Gasteiger partial charge in [-0.2, -0.15) is 0 Å². The third kappa shape index (κ3) is 3.65. The van der Waals surface area contributed by atoms with Crippen molar-refractivity contribution in [2.24, 2.45) is 5.18 Å². The molecule has 0 saturated heterocycles. The van der Waals surface area contributed by atoms with Crippen molar-refractivity contribution in [1.29, 1.82) is 0 Å². The summed E-state index contributed by atoms with van der Waals surface area (Å²) >= 11 is 7.41. The maximum atomic E-state index is 10.3. The second-order valence-corrected chi connectivity index (χ2v) is 6.03. The lowest BCUT2D eigenvalue weighted by Gasteiger charge is -1.99. The van der Waals surface area contributed by atoms with E-state index in [-0.39, 0.29) is 0 Å². The lowest BCUT2D eigenvalue weighted by molar-refractivity contribution is 0.897. The highest BCUT2D eigenvalue weighted by molar-refractivity contribution is 7.12. The van der Waals surface area contributed by atoms with E-state index in [1.807, 2.05) is 6.07 Å². The van der Waals surface area contributed by atoms with Gasteiger partial charge in [0, 0.05) is 22.6 Å². The van der Waals surface area contributed by atoms with Crippen LogP contribution in [0.5, 0.6) is 0 Å². The molecular formula is C14H14ClNOS. The first-order valence-electron chi connectivity index (χ1n) is 5.77. The number of hydrogen-bond acceptors (Lipinski definition) is 3. The zero-order valence-electron chi connectivity index (χ0n) is 10.1. The molecule has 0 saturated carbocycles. The highest BCUT2D eigenvalue weighted by atomic mass is 35.5. The predicted molar refractivity (Wildman–Crippen MR) is 77.4 cm³/mol. The van der Waals surface area contributed by atoms with Crippen molar-refractivity contribution in [2.75, 3.05) is 0 Å². The molecule has 0 amide bonds. The minimum absolute atomic E-state index is 0.517. The van der Waals surface area contributed by atoms with Crippen LogP contribution in [0.15, 0.2) is 41.6 Å². The molecule has 0 N–H and O–H groups in total. The third-order valence-electron chi connectivity index (χ3n) is 2.70. The Kier molecular flexibility index (Phi) is 4.50. The Hall–Kier alpha value is -1.19. The van der Waals surface area contributed by atoms with Gasteiger partial charge in [-0.15, -0.1) is 16.2 Å². The van der Waals surface area contributed by atoms with Gasteiger partial charge in [0.15, 0.2) is 5.50 Å². The Balaban J connectivity index is 2.02. The van der Waals surface area contributed by atoms with Crippen molar-refractivity contribution in [3.63, 3.8) is 0 Å². The summed E-state index contributed by atoms with van der Waals surface area (Å²) in [7, 11) is 0. The van der Waals surface area contributed by atoms with Crippen LogP contribution in [0.3, 0.4) is 0 Å². The van der Waals surface area contributed by atoms with Crippen molar-refractivity contribution in [3.8, 4) is 0 Å². The van der Waals surface area contributed by atoms with Crippen LogP contribution in [0.1, 0.15) is 20.9 Å². The van der Waals surface area contributed by atoms with E-state index in [9.17, 15) is 4.91 Å². The van der Waals surface area contributed by atoms with E-state index >= 15 is 0 Å². The lowest BCUT2D eigenvalue weighted by Crippen LogP contribution is -1.95. The number of halogens is 1. The Morgan fingerprint density at radius 1 is 1.17 bits per heavy atom. The van der Waals surface area contributed by atoms with Gasteiger partial charge in [-0.25, -0.2) is 0 Å². The van der Waals surface area contributed by atoms with Crippen molar-refractivity contribution in [2.45, 2.75) is 25.3 Å². The van der Waals surface area contributed by atoms with Gasteiger partial charge < -0.3 is 0 Å². The summed E-state index contributed by atoms with van der Waals surface area (Å²) in [5.74, 6) is 0. The fraction of sp³-hybridized carbons (Fsp3) is 0.286. The molecule has 0 aliphatic rings. The monoisotopic (exact) mass is 279 g/mol. The number of alkyl halides is 1. The molecular weight excluding hydrogens is 266 g/mol. The molecule has 4 heteroatoms. The fourth-order valence-corrected chi connectivity index (χ4v) is 3.08. The summed E-state index contributed by atoms with van der Waals surface area (Å²) in [6.07, 6.45) is 1.44. The molecule has 0 bridgehead atoms. The maximum Gasteiger partial charge on any atom is 0.170 e. The van der Waals surface area contributed by atoms with E-state index in [1.165, 1.54) is 16.0 Å². The molecule has 2 aromatic rings. The van der Waals surface area contributed by atoms with Gasteiger partial charge in [0.25, 0.3) is 0 Å². The summed E-state index contributed by atoms with van der Waals surface area (Å²) in [6, 6.07) is 12.6. The van der Waals surface area contributed by atoms with Crippen molar-refractivity contribution >= 4 is 22.9 Å². The van der Waals surface area contributed by atoms with Crippen LogP contribution in [-0.4, -0.2) is 5.50 Å². The van der Waals surface area contributed by atoms with Gasteiger partial charge in [0.2, 0.25) is 0 Å². The summed E-state index contributed by atoms with van der Waals surface area (Å²) in [4.78, 5) is 12.7. The van der Waals surface area contributed by atoms with Gasteiger partial charge in [0.05, 0.1) is 0 Å². The molecule has 1 unspecified atom stereocenters. The highest BCUT2D eigenvalue weighted by Crippen LogP contribution is 2.22.